The number of anilines is 1. The lowest BCUT2D eigenvalue weighted by Crippen LogP contribution is -2.16. The summed E-state index contributed by atoms with van der Waals surface area (Å²) in [6.45, 7) is -0.418. The molecule has 2 N–H and O–H groups in total. The topological polar surface area (TPSA) is 127 Å². The number of carbonyl (C=O) groups is 2. The van der Waals surface area contributed by atoms with Crippen molar-refractivity contribution in [2.45, 2.75) is 6.54 Å². The monoisotopic (exact) mass is 314 g/mol. The molecule has 1 aromatic carbocycles. The highest BCUT2D eigenvalue weighted by Gasteiger charge is 2.15. The fourth-order valence-corrected chi connectivity index (χ4v) is 1.97. The maximum absolute atomic E-state index is 12.0. The highest BCUT2D eigenvalue weighted by atomic mass is 16.4. The van der Waals surface area contributed by atoms with E-state index in [2.05, 4.69) is 15.3 Å². The molecule has 9 nitrogen and oxygen atoms in total. The molecule has 0 saturated carbocycles. The molecule has 0 aliphatic heterocycles. The van der Waals surface area contributed by atoms with Gasteiger partial charge in [0.2, 0.25) is 0 Å². The van der Waals surface area contributed by atoms with Crippen molar-refractivity contribution in [2.24, 2.45) is 0 Å². The first-order valence-electron chi connectivity index (χ1n) is 6.49. The molecule has 23 heavy (non-hydrogen) atoms. The molecular weight excluding hydrogens is 304 g/mol. The summed E-state index contributed by atoms with van der Waals surface area (Å²) < 4.78 is 6.05. The van der Waals surface area contributed by atoms with E-state index in [1.165, 1.54) is 10.9 Å². The first-order valence-corrected chi connectivity index (χ1v) is 6.49. The van der Waals surface area contributed by atoms with Gasteiger partial charge in [-0.1, -0.05) is 18.2 Å². The van der Waals surface area contributed by atoms with Crippen LogP contribution in [0.25, 0.3) is 11.2 Å². The van der Waals surface area contributed by atoms with Gasteiger partial charge in [-0.2, -0.15) is 4.98 Å². The van der Waals surface area contributed by atoms with Crippen LogP contribution in [0.15, 0.2) is 45.9 Å². The zero-order valence-electron chi connectivity index (χ0n) is 11.6. The van der Waals surface area contributed by atoms with Crippen LogP contribution in [-0.2, 0) is 11.3 Å². The second kappa shape index (κ2) is 5.72. The molecule has 2 heterocycles. The summed E-state index contributed by atoms with van der Waals surface area (Å²) in [7, 11) is 0. The van der Waals surface area contributed by atoms with Crippen LogP contribution in [-0.4, -0.2) is 31.5 Å². The Bertz CT molecular complexity index is 945. The van der Waals surface area contributed by atoms with E-state index >= 15 is 0 Å². The van der Waals surface area contributed by atoms with Crippen molar-refractivity contribution >= 4 is 29.1 Å². The molecule has 116 valence electrons. The Morgan fingerprint density at radius 3 is 2.70 bits per heavy atom. The lowest BCUT2D eigenvalue weighted by Gasteiger charge is -2.03. The molecule has 9 heteroatoms. The van der Waals surface area contributed by atoms with E-state index in [4.69, 9.17) is 9.52 Å². The molecule has 0 aliphatic carbocycles. The molecule has 3 rings (SSSR count). The summed E-state index contributed by atoms with van der Waals surface area (Å²) in [5.74, 6) is -1.63. The summed E-state index contributed by atoms with van der Waals surface area (Å²) in [6, 6.07) is 7.96. The Labute approximate surface area is 128 Å². The van der Waals surface area contributed by atoms with Gasteiger partial charge in [0, 0.05) is 5.56 Å². The van der Waals surface area contributed by atoms with Gasteiger partial charge in [0.1, 0.15) is 6.54 Å². The number of imidazole rings is 1. The van der Waals surface area contributed by atoms with Crippen molar-refractivity contribution in [1.82, 2.24) is 14.5 Å². The van der Waals surface area contributed by atoms with Gasteiger partial charge in [-0.3, -0.25) is 14.9 Å². The van der Waals surface area contributed by atoms with Crippen LogP contribution in [0.5, 0.6) is 0 Å². The van der Waals surface area contributed by atoms with Crippen LogP contribution >= 0.6 is 0 Å². The van der Waals surface area contributed by atoms with Crippen molar-refractivity contribution in [3.63, 3.8) is 0 Å². The minimum atomic E-state index is -1.12. The lowest BCUT2D eigenvalue weighted by atomic mass is 10.2. The summed E-state index contributed by atoms with van der Waals surface area (Å²) in [5, 5.41) is 11.2. The third kappa shape index (κ3) is 2.93. The molecule has 0 unspecified atom stereocenters. The number of fused-ring (bicyclic) bond motifs is 1. The van der Waals surface area contributed by atoms with Gasteiger partial charge >= 0.3 is 17.6 Å². The number of rotatable bonds is 4. The third-order valence-corrected chi connectivity index (χ3v) is 2.96. The minimum absolute atomic E-state index is 0.0204. The molecular formula is C14H10N4O5. The number of nitrogens with one attached hydrogen (secondary N) is 1. The molecule has 0 spiro atoms. The smallest absolute Gasteiger partial charge is 0.368 e. The van der Waals surface area contributed by atoms with Gasteiger partial charge in [0.05, 0.1) is 6.33 Å². The molecule has 3 aromatic rings. The van der Waals surface area contributed by atoms with Gasteiger partial charge in [-0.15, -0.1) is 0 Å². The first kappa shape index (κ1) is 14.4. The Hall–Kier alpha value is -3.49. The van der Waals surface area contributed by atoms with Crippen molar-refractivity contribution in [3.05, 3.63) is 52.6 Å². The number of aromatic nitrogens is 3. The van der Waals surface area contributed by atoms with Crippen LogP contribution in [0.3, 0.4) is 0 Å². The van der Waals surface area contributed by atoms with Crippen LogP contribution in [0.1, 0.15) is 10.4 Å². The second-order valence-corrected chi connectivity index (χ2v) is 4.57. The molecule has 1 amide bonds. The van der Waals surface area contributed by atoms with Gasteiger partial charge in [-0.05, 0) is 12.1 Å². The molecule has 0 bridgehead atoms. The SMILES string of the molecule is O=C(O)Cn1cnc2c(=O)oc(NC(=O)c3ccccc3)nc21. The zero-order valence-corrected chi connectivity index (χ0v) is 11.6. The van der Waals surface area contributed by atoms with Gasteiger partial charge in [-0.25, -0.2) is 9.78 Å². The number of benzene rings is 1. The first-order chi connectivity index (χ1) is 11.0. The second-order valence-electron chi connectivity index (χ2n) is 4.57. The number of carboxylic acids is 1. The van der Waals surface area contributed by atoms with Crippen LogP contribution < -0.4 is 10.9 Å². The number of nitrogens with zero attached hydrogens (tertiary/aromatic N) is 3. The van der Waals surface area contributed by atoms with Crippen LogP contribution in [0, 0.1) is 0 Å². The van der Waals surface area contributed by atoms with Crippen LogP contribution in [0.4, 0.5) is 6.01 Å². The molecule has 0 saturated heterocycles. The van der Waals surface area contributed by atoms with E-state index in [-0.39, 0.29) is 17.2 Å². The van der Waals surface area contributed by atoms with E-state index in [0.717, 1.165) is 0 Å². The highest BCUT2D eigenvalue weighted by molar-refractivity contribution is 6.03. The third-order valence-electron chi connectivity index (χ3n) is 2.96. The number of carboxylic acid groups (broad SMARTS) is 1. The lowest BCUT2D eigenvalue weighted by molar-refractivity contribution is -0.137. The largest absolute Gasteiger partial charge is 0.480 e. The van der Waals surface area contributed by atoms with E-state index in [1.807, 2.05) is 0 Å². The maximum Gasteiger partial charge on any atom is 0.368 e. The van der Waals surface area contributed by atoms with Crippen molar-refractivity contribution in [3.8, 4) is 0 Å². The minimum Gasteiger partial charge on any atom is -0.480 e. The Kier molecular flexibility index (Phi) is 3.59. The summed E-state index contributed by atoms with van der Waals surface area (Å²) in [4.78, 5) is 42.4. The zero-order chi connectivity index (χ0) is 16.4. The predicted octanol–water partition coefficient (Wildman–Crippen LogP) is 0.721. The van der Waals surface area contributed by atoms with Crippen molar-refractivity contribution < 1.29 is 19.1 Å². The van der Waals surface area contributed by atoms with E-state index in [0.29, 0.717) is 5.56 Å². The maximum atomic E-state index is 12.0. The van der Waals surface area contributed by atoms with Crippen molar-refractivity contribution in [1.29, 1.82) is 0 Å². The summed E-state index contributed by atoms with van der Waals surface area (Å²) in [5.41, 5.74) is -0.547. The van der Waals surface area contributed by atoms with Gasteiger partial charge < -0.3 is 14.1 Å². The molecule has 0 aliphatic rings. The fraction of sp³-hybridized carbons (Fsp3) is 0.0714. The normalized spacial score (nSPS) is 10.6. The predicted molar refractivity (Wildman–Crippen MR) is 78.1 cm³/mol. The number of hydrogen-bond donors (Lipinski definition) is 2. The molecule has 0 fully saturated rings. The summed E-state index contributed by atoms with van der Waals surface area (Å²) in [6.07, 6.45) is 1.17. The number of aliphatic carboxylic acids is 1. The quantitative estimate of drug-likeness (QED) is 0.726. The van der Waals surface area contributed by atoms with Crippen molar-refractivity contribution in [2.75, 3.05) is 5.32 Å². The van der Waals surface area contributed by atoms with E-state index in [9.17, 15) is 14.4 Å². The molecule has 0 radical (unpaired) electrons. The average molecular weight is 314 g/mol. The highest BCUT2D eigenvalue weighted by Crippen LogP contribution is 2.11. The fourth-order valence-electron chi connectivity index (χ4n) is 1.97. The Balaban J connectivity index is 1.97. The van der Waals surface area contributed by atoms with E-state index < -0.39 is 24.0 Å². The number of carbonyl (C=O) groups excluding carboxylic acids is 1. The van der Waals surface area contributed by atoms with Gasteiger partial charge in [0.25, 0.3) is 5.91 Å². The number of hydrogen-bond acceptors (Lipinski definition) is 6. The van der Waals surface area contributed by atoms with Gasteiger partial charge in [0.15, 0.2) is 11.2 Å². The number of amides is 1. The van der Waals surface area contributed by atoms with Crippen LogP contribution in [0.2, 0.25) is 0 Å². The summed E-state index contributed by atoms with van der Waals surface area (Å²) >= 11 is 0. The average Bonchev–Trinajstić information content (AvgIpc) is 2.91. The molecule has 2 aromatic heterocycles. The Morgan fingerprint density at radius 1 is 1.26 bits per heavy atom. The Morgan fingerprint density at radius 2 is 2.00 bits per heavy atom. The molecule has 0 atom stereocenters. The van der Waals surface area contributed by atoms with E-state index in [1.54, 1.807) is 30.3 Å². The standard InChI is InChI=1S/C14H10N4O5/c19-9(20)6-18-7-15-10-11(18)16-14(23-13(10)22)17-12(21)8-4-2-1-3-5-8/h1-5,7H,6H2,(H,19,20)(H,16,17,21).